The monoisotopic (exact) mass is 505 g/mol. The summed E-state index contributed by atoms with van der Waals surface area (Å²) in [5, 5.41) is 15.9. The molecule has 0 fully saturated rings. The van der Waals surface area contributed by atoms with Gasteiger partial charge in [-0.2, -0.15) is 4.98 Å². The van der Waals surface area contributed by atoms with Gasteiger partial charge >= 0.3 is 0 Å². The second-order valence-corrected chi connectivity index (χ2v) is 11.6. The lowest BCUT2D eigenvalue weighted by Crippen LogP contribution is -2.34. The summed E-state index contributed by atoms with van der Waals surface area (Å²) in [6.07, 6.45) is 0. The van der Waals surface area contributed by atoms with Crippen molar-refractivity contribution in [3.8, 4) is 17.0 Å². The Labute approximate surface area is 215 Å². The number of aliphatic imine (C=N–C) groups is 1. The van der Waals surface area contributed by atoms with Crippen LogP contribution in [0.15, 0.2) is 64.3 Å². The van der Waals surface area contributed by atoms with Crippen LogP contribution in [0.2, 0.25) is 0 Å². The number of rotatable bonds is 7. The molecule has 0 atom stereocenters. The van der Waals surface area contributed by atoms with E-state index in [1.54, 1.807) is 22.7 Å². The van der Waals surface area contributed by atoms with E-state index in [0.717, 1.165) is 43.8 Å². The number of aromatic nitrogens is 1. The molecule has 4 rings (SSSR count). The Morgan fingerprint density at radius 1 is 0.971 bits per heavy atom. The van der Waals surface area contributed by atoms with Gasteiger partial charge in [0.25, 0.3) is 5.13 Å². The first-order valence-electron chi connectivity index (χ1n) is 11.7. The molecule has 0 unspecified atom stereocenters. The standard InChI is InChI=1S/C28H32N4OS2/c1-17(2)22-14-19(15-23(18(3)4)26(22)33)24-16-35-28(31-24)32(5,6)21-11-9-20(10-12-21)30-27(29)25-8-7-13-34-25/h7-18H,1-6H3,(H2-,29,30,33)/p+1. The first-order valence-corrected chi connectivity index (χ1v) is 13.5. The summed E-state index contributed by atoms with van der Waals surface area (Å²) in [6, 6.07) is 16.2. The minimum Gasteiger partial charge on any atom is -0.507 e. The maximum atomic E-state index is 10.8. The maximum absolute atomic E-state index is 10.8. The molecule has 0 saturated carbocycles. The highest BCUT2D eigenvalue weighted by atomic mass is 32.1. The molecule has 0 radical (unpaired) electrons. The van der Waals surface area contributed by atoms with E-state index in [0.29, 0.717) is 16.1 Å². The van der Waals surface area contributed by atoms with Crippen molar-refractivity contribution in [2.75, 3.05) is 14.1 Å². The summed E-state index contributed by atoms with van der Waals surface area (Å²) >= 11 is 3.23. The van der Waals surface area contributed by atoms with Gasteiger partial charge in [-0.15, -0.1) is 11.3 Å². The topological polar surface area (TPSA) is 71.5 Å². The first-order chi connectivity index (χ1) is 16.6. The predicted molar refractivity (Wildman–Crippen MR) is 152 cm³/mol. The van der Waals surface area contributed by atoms with Crippen LogP contribution in [0.3, 0.4) is 0 Å². The zero-order chi connectivity index (χ0) is 25.3. The molecule has 35 heavy (non-hydrogen) atoms. The Morgan fingerprint density at radius 2 is 1.60 bits per heavy atom. The van der Waals surface area contributed by atoms with Crippen LogP contribution in [0.5, 0.6) is 5.75 Å². The van der Waals surface area contributed by atoms with E-state index in [1.807, 2.05) is 29.6 Å². The number of thiazole rings is 1. The fraction of sp³-hybridized carbons (Fsp3) is 0.286. The number of nitrogens with two attached hydrogens (primary N) is 1. The number of amidine groups is 1. The van der Waals surface area contributed by atoms with Gasteiger partial charge in [-0.1, -0.05) is 45.1 Å². The van der Waals surface area contributed by atoms with E-state index in [9.17, 15) is 5.11 Å². The Bertz CT molecular complexity index is 1300. The maximum Gasteiger partial charge on any atom is 0.291 e. The molecular weight excluding hydrogens is 472 g/mol. The zero-order valence-electron chi connectivity index (χ0n) is 21.1. The van der Waals surface area contributed by atoms with Crippen LogP contribution in [0.25, 0.3) is 11.3 Å². The van der Waals surface area contributed by atoms with E-state index >= 15 is 0 Å². The van der Waals surface area contributed by atoms with Gasteiger partial charge in [0.1, 0.15) is 17.3 Å². The average Bonchev–Trinajstić information content (AvgIpc) is 3.52. The molecule has 0 spiro atoms. The van der Waals surface area contributed by atoms with Crippen LogP contribution < -0.4 is 10.2 Å². The highest BCUT2D eigenvalue weighted by molar-refractivity contribution is 7.13. The largest absolute Gasteiger partial charge is 0.507 e. The van der Waals surface area contributed by atoms with Crippen molar-refractivity contribution in [2.45, 2.75) is 39.5 Å². The van der Waals surface area contributed by atoms with Crippen LogP contribution in [-0.4, -0.2) is 30.0 Å². The van der Waals surface area contributed by atoms with Crippen LogP contribution in [0, 0.1) is 0 Å². The third kappa shape index (κ3) is 5.17. The second-order valence-electron chi connectivity index (χ2n) is 9.77. The van der Waals surface area contributed by atoms with Crippen molar-refractivity contribution in [3.05, 3.63) is 75.3 Å². The number of thiophene rings is 1. The normalized spacial score (nSPS) is 12.6. The summed E-state index contributed by atoms with van der Waals surface area (Å²) in [4.78, 5) is 10.6. The van der Waals surface area contributed by atoms with Crippen LogP contribution in [0.1, 0.15) is 55.5 Å². The summed E-state index contributed by atoms with van der Waals surface area (Å²) in [5.74, 6) is 1.40. The fourth-order valence-electron chi connectivity index (χ4n) is 3.99. The minimum atomic E-state index is 0.229. The molecule has 3 N–H and O–H groups in total. The molecule has 4 aromatic rings. The number of phenols is 1. The molecule has 5 nitrogen and oxygen atoms in total. The summed E-state index contributed by atoms with van der Waals surface area (Å²) in [7, 11) is 4.27. The summed E-state index contributed by atoms with van der Waals surface area (Å²) in [5.41, 5.74) is 12.0. The third-order valence-electron chi connectivity index (χ3n) is 6.20. The molecule has 0 aliphatic rings. The van der Waals surface area contributed by atoms with Gasteiger partial charge in [0.15, 0.2) is 0 Å². The van der Waals surface area contributed by atoms with Gasteiger partial charge in [-0.25, -0.2) is 9.48 Å². The Balaban J connectivity index is 1.63. The number of phenolic OH excluding ortho intramolecular Hbond substituents is 1. The van der Waals surface area contributed by atoms with E-state index in [1.165, 1.54) is 0 Å². The predicted octanol–water partition coefficient (Wildman–Crippen LogP) is 7.76. The van der Waals surface area contributed by atoms with Crippen LogP contribution in [-0.2, 0) is 0 Å². The molecule has 0 aliphatic heterocycles. The van der Waals surface area contributed by atoms with Gasteiger partial charge in [0.2, 0.25) is 0 Å². The van der Waals surface area contributed by atoms with E-state index < -0.39 is 0 Å². The lowest BCUT2D eigenvalue weighted by molar-refractivity contribution is 0.454. The van der Waals surface area contributed by atoms with Gasteiger partial charge in [-0.05, 0) is 58.7 Å². The number of nitrogens with zero attached hydrogens (tertiary/aromatic N) is 3. The molecule has 2 heterocycles. The molecule has 0 bridgehead atoms. The molecule has 2 aromatic carbocycles. The van der Waals surface area contributed by atoms with Gasteiger partial charge in [-0.3, -0.25) is 0 Å². The van der Waals surface area contributed by atoms with E-state index in [-0.39, 0.29) is 11.8 Å². The van der Waals surface area contributed by atoms with Crippen molar-refractivity contribution >= 4 is 45.0 Å². The van der Waals surface area contributed by atoms with Gasteiger partial charge in [0, 0.05) is 23.1 Å². The van der Waals surface area contributed by atoms with Crippen LogP contribution >= 0.6 is 22.7 Å². The van der Waals surface area contributed by atoms with Crippen molar-refractivity contribution in [1.29, 1.82) is 0 Å². The lowest BCUT2D eigenvalue weighted by atomic mass is 9.91. The number of hydrogen-bond acceptors (Lipinski definition) is 5. The van der Waals surface area contributed by atoms with E-state index in [4.69, 9.17) is 10.7 Å². The molecule has 2 aromatic heterocycles. The quantitative estimate of drug-likeness (QED) is 0.153. The molecular formula is C28H33N4OS2+. The number of aromatic hydroxyl groups is 1. The van der Waals surface area contributed by atoms with Crippen molar-refractivity contribution < 1.29 is 5.11 Å². The SMILES string of the molecule is CC(C)c1cc(-c2csc([N+](C)(C)c3ccc(N=C(N)c4cccs4)cc3)n2)cc(C(C)C)c1O. The van der Waals surface area contributed by atoms with Crippen molar-refractivity contribution in [1.82, 2.24) is 9.47 Å². The molecule has 7 heteroatoms. The van der Waals surface area contributed by atoms with E-state index in [2.05, 4.69) is 76.4 Å². The second kappa shape index (κ2) is 9.93. The molecule has 182 valence electrons. The van der Waals surface area contributed by atoms with Crippen molar-refractivity contribution in [2.24, 2.45) is 10.7 Å². The Kier molecular flexibility index (Phi) is 7.12. The third-order valence-corrected chi connectivity index (χ3v) is 8.19. The minimum absolute atomic E-state index is 0.229. The Hall–Kier alpha value is -3.00. The van der Waals surface area contributed by atoms with Gasteiger partial charge < -0.3 is 10.8 Å². The summed E-state index contributed by atoms with van der Waals surface area (Å²) < 4.78 is 0.515. The highest BCUT2D eigenvalue weighted by Gasteiger charge is 2.27. The smallest absolute Gasteiger partial charge is 0.291 e. The Morgan fingerprint density at radius 3 is 2.14 bits per heavy atom. The van der Waals surface area contributed by atoms with Crippen LogP contribution in [0.4, 0.5) is 16.5 Å². The molecule has 0 aliphatic carbocycles. The molecule has 0 amide bonds. The lowest BCUT2D eigenvalue weighted by Gasteiger charge is -2.25. The fourth-order valence-corrected chi connectivity index (χ4v) is 5.54. The number of quaternary nitrogens is 1. The summed E-state index contributed by atoms with van der Waals surface area (Å²) in [6.45, 7) is 8.43. The number of hydrogen-bond donors (Lipinski definition) is 2. The molecule has 0 saturated heterocycles. The number of benzene rings is 2. The van der Waals surface area contributed by atoms with Crippen molar-refractivity contribution in [3.63, 3.8) is 0 Å². The highest BCUT2D eigenvalue weighted by Crippen LogP contribution is 2.40. The van der Waals surface area contributed by atoms with Gasteiger partial charge in [0.05, 0.1) is 30.4 Å². The zero-order valence-corrected chi connectivity index (χ0v) is 22.7. The average molecular weight is 506 g/mol. The first kappa shape index (κ1) is 25.1.